The van der Waals surface area contributed by atoms with E-state index in [9.17, 15) is 8.78 Å². The molecule has 0 aromatic heterocycles. The number of halogens is 5. The molecule has 1 nitrogen and oxygen atoms in total. The molecule has 0 saturated carbocycles. The predicted molar refractivity (Wildman–Crippen MR) is 129 cm³/mol. The van der Waals surface area contributed by atoms with E-state index in [4.69, 9.17) is 27.6 Å². The fraction of sp³-hybridized carbons (Fsp3) is 0.455. The quantitative estimate of drug-likeness (QED) is 0.204. The molecule has 2 aromatic rings. The van der Waals surface area contributed by atoms with Crippen LogP contribution in [0.15, 0.2) is 30.3 Å². The predicted octanol–water partition coefficient (Wildman–Crippen LogP) is 8.96. The van der Waals surface area contributed by atoms with E-state index in [0.29, 0.717) is 34.9 Å². The summed E-state index contributed by atoms with van der Waals surface area (Å²) in [5.74, 6) is -1.10. The van der Waals surface area contributed by atoms with Gasteiger partial charge in [-0.15, -0.1) is 0 Å². The Bertz CT molecular complexity index is 779. The van der Waals surface area contributed by atoms with Crippen LogP contribution in [-0.2, 0) is 10.8 Å². The third-order valence-corrected chi connectivity index (χ3v) is 11.4. The Morgan fingerprint density at radius 3 is 1.93 bits per heavy atom. The van der Waals surface area contributed by atoms with Gasteiger partial charge in [0.05, 0.1) is 6.10 Å². The average molecular weight is 571 g/mol. The van der Waals surface area contributed by atoms with Crippen LogP contribution >= 0.6 is 45.8 Å². The molecule has 29 heavy (non-hydrogen) atoms. The van der Waals surface area contributed by atoms with Gasteiger partial charge in [-0.2, -0.15) is 0 Å². The van der Waals surface area contributed by atoms with Crippen LogP contribution in [0.25, 0.3) is 0 Å². The maximum atomic E-state index is 13.5. The number of hydrogen-bond acceptors (Lipinski definition) is 1. The summed E-state index contributed by atoms with van der Waals surface area (Å²) in [6.07, 6.45) is 1.74. The molecule has 7 heteroatoms. The van der Waals surface area contributed by atoms with Crippen LogP contribution in [0.1, 0.15) is 50.8 Å². The summed E-state index contributed by atoms with van der Waals surface area (Å²) in [6.45, 7) is 6.55. The van der Waals surface area contributed by atoms with Gasteiger partial charge in [0.2, 0.25) is 0 Å². The Labute approximate surface area is 197 Å². The fourth-order valence-corrected chi connectivity index (χ4v) is 8.23. The van der Waals surface area contributed by atoms with Crippen molar-refractivity contribution in [2.45, 2.75) is 64.3 Å². The third-order valence-electron chi connectivity index (χ3n) is 5.55. The molecule has 0 amide bonds. The lowest BCUT2D eigenvalue weighted by Gasteiger charge is -2.34. The van der Waals surface area contributed by atoms with E-state index in [0.717, 1.165) is 33.3 Å². The molecule has 1 atom stereocenters. The highest BCUT2D eigenvalue weighted by molar-refractivity contribution is 14.1. The second kappa shape index (κ2) is 11.4. The Kier molecular flexibility index (Phi) is 9.86. The second-order valence-corrected chi connectivity index (χ2v) is 14.1. The molecular formula is C22H27Cl2F2IOSi. The highest BCUT2D eigenvalue weighted by Gasteiger charge is 2.34. The Morgan fingerprint density at radius 1 is 0.931 bits per heavy atom. The molecule has 0 bridgehead atoms. The first-order chi connectivity index (χ1) is 13.7. The summed E-state index contributed by atoms with van der Waals surface area (Å²) >= 11 is 15.3. The van der Waals surface area contributed by atoms with E-state index >= 15 is 0 Å². The number of rotatable bonds is 10. The monoisotopic (exact) mass is 570 g/mol. The second-order valence-electron chi connectivity index (χ2n) is 7.30. The molecule has 0 radical (unpaired) electrons. The molecule has 0 aliphatic carbocycles. The Balaban J connectivity index is 2.27. The maximum Gasteiger partial charge on any atom is 0.192 e. The molecule has 0 spiro atoms. The Hall–Kier alpha value is -0.213. The van der Waals surface area contributed by atoms with Crippen LogP contribution < -0.4 is 0 Å². The molecule has 0 fully saturated rings. The fourth-order valence-electron chi connectivity index (χ4n) is 3.67. The van der Waals surface area contributed by atoms with Crippen molar-refractivity contribution < 1.29 is 13.2 Å². The van der Waals surface area contributed by atoms with E-state index < -0.39 is 20.0 Å². The summed E-state index contributed by atoms with van der Waals surface area (Å²) < 4.78 is 34.7. The maximum absolute atomic E-state index is 13.5. The summed E-state index contributed by atoms with van der Waals surface area (Å²) in [6, 6.07) is 10.5. The van der Waals surface area contributed by atoms with Gasteiger partial charge in [0.15, 0.2) is 8.32 Å². The number of hydrogen-bond donors (Lipinski definition) is 0. The normalized spacial score (nSPS) is 13.0. The molecular weight excluding hydrogens is 544 g/mol. The van der Waals surface area contributed by atoms with Crippen molar-refractivity contribution in [3.63, 3.8) is 0 Å². The topological polar surface area (TPSA) is 9.23 Å². The van der Waals surface area contributed by atoms with Crippen molar-refractivity contribution in [1.82, 2.24) is 0 Å². The van der Waals surface area contributed by atoms with Gasteiger partial charge in [0, 0.05) is 25.2 Å². The molecule has 2 aromatic carbocycles. The molecule has 0 saturated heterocycles. The molecule has 0 aliphatic rings. The van der Waals surface area contributed by atoms with Gasteiger partial charge in [-0.1, -0.05) is 44.0 Å². The lowest BCUT2D eigenvalue weighted by Crippen LogP contribution is -2.37. The van der Waals surface area contributed by atoms with Crippen LogP contribution in [-0.4, -0.2) is 8.32 Å². The zero-order valence-electron chi connectivity index (χ0n) is 17.0. The van der Waals surface area contributed by atoms with Crippen molar-refractivity contribution >= 4 is 54.1 Å². The van der Waals surface area contributed by atoms with Crippen LogP contribution in [0, 0.1) is 15.2 Å². The summed E-state index contributed by atoms with van der Waals surface area (Å²) in [5.41, 5.74) is 1.47. The molecule has 0 aliphatic heterocycles. The first-order valence-electron chi connectivity index (χ1n) is 10.0. The largest absolute Gasteiger partial charge is 0.410 e. The van der Waals surface area contributed by atoms with Gasteiger partial charge in [-0.25, -0.2) is 8.78 Å². The van der Waals surface area contributed by atoms with Crippen LogP contribution in [0.4, 0.5) is 8.78 Å². The molecule has 0 N–H and O–H groups in total. The van der Waals surface area contributed by atoms with Gasteiger partial charge < -0.3 is 4.43 Å². The highest BCUT2D eigenvalue weighted by Crippen LogP contribution is 2.40. The van der Waals surface area contributed by atoms with Crippen LogP contribution in [0.5, 0.6) is 0 Å². The smallest absolute Gasteiger partial charge is 0.192 e. The molecule has 160 valence electrons. The van der Waals surface area contributed by atoms with Gasteiger partial charge in [0.1, 0.15) is 11.6 Å². The highest BCUT2D eigenvalue weighted by atomic mass is 127. The number of aryl methyl sites for hydroxylation is 1. The van der Waals surface area contributed by atoms with Gasteiger partial charge >= 0.3 is 0 Å². The number of benzene rings is 2. The van der Waals surface area contributed by atoms with Crippen LogP contribution in [0.3, 0.4) is 0 Å². The van der Waals surface area contributed by atoms with Gasteiger partial charge in [-0.3, -0.25) is 0 Å². The lowest BCUT2D eigenvalue weighted by molar-refractivity contribution is 0.177. The zero-order chi connectivity index (χ0) is 21.6. The summed E-state index contributed by atoms with van der Waals surface area (Å²) in [5, 5.41) is 1.21. The van der Waals surface area contributed by atoms with E-state index in [-0.39, 0.29) is 6.10 Å². The molecule has 2 rings (SSSR count). The average Bonchev–Trinajstić information content (AvgIpc) is 2.64. The van der Waals surface area contributed by atoms with E-state index in [1.807, 2.05) is 12.1 Å². The molecule has 0 heterocycles. The first kappa shape index (κ1) is 25.1. The van der Waals surface area contributed by atoms with Crippen molar-refractivity contribution in [1.29, 1.82) is 0 Å². The summed E-state index contributed by atoms with van der Waals surface area (Å²) in [7, 11) is -1.91. The standard InChI is InChI=1S/C22H27Cl2F2IOSi/c1-4-29(5-2,6-3)28-21(22-19(23)13-18(27)14-20(22)24)9-7-8-15-10-16(25)12-17(26)11-15/h10-14,21H,4-9H2,1-3H3. The van der Waals surface area contributed by atoms with E-state index in [1.165, 1.54) is 12.1 Å². The Morgan fingerprint density at radius 2 is 1.45 bits per heavy atom. The summed E-state index contributed by atoms with van der Waals surface area (Å²) in [4.78, 5) is 0. The minimum absolute atomic E-state index is 0.225. The van der Waals surface area contributed by atoms with Crippen molar-refractivity contribution in [3.8, 4) is 0 Å². The van der Waals surface area contributed by atoms with Gasteiger partial charge in [-0.05, 0) is 89.8 Å². The van der Waals surface area contributed by atoms with Crippen LogP contribution in [0.2, 0.25) is 28.2 Å². The molecule has 1 unspecified atom stereocenters. The van der Waals surface area contributed by atoms with Crippen molar-refractivity contribution in [2.75, 3.05) is 0 Å². The first-order valence-corrected chi connectivity index (χ1v) is 14.4. The van der Waals surface area contributed by atoms with Crippen molar-refractivity contribution in [3.05, 3.63) is 66.7 Å². The zero-order valence-corrected chi connectivity index (χ0v) is 21.7. The SMILES string of the molecule is CC[Si](CC)(CC)OC(CCCc1cc(F)cc(F)c1)c1c(Cl)cc(I)cc1Cl. The minimum atomic E-state index is -1.91. The third kappa shape index (κ3) is 6.89. The lowest BCUT2D eigenvalue weighted by atomic mass is 10.0. The van der Waals surface area contributed by atoms with E-state index in [1.54, 1.807) is 0 Å². The van der Waals surface area contributed by atoms with E-state index in [2.05, 4.69) is 43.4 Å². The minimum Gasteiger partial charge on any atom is -0.410 e. The van der Waals surface area contributed by atoms with Crippen molar-refractivity contribution in [2.24, 2.45) is 0 Å². The van der Waals surface area contributed by atoms with Gasteiger partial charge in [0.25, 0.3) is 0 Å².